The Bertz CT molecular complexity index is 974. The number of hydrogen-bond donors (Lipinski definition) is 2. The van der Waals surface area contributed by atoms with Crippen molar-refractivity contribution in [1.29, 1.82) is 0 Å². The number of carbonyl (C=O) groups excluding carboxylic acids is 1. The van der Waals surface area contributed by atoms with E-state index in [0.717, 1.165) is 35.6 Å². The molecular weight excluding hydrogens is 336 g/mol. The highest BCUT2D eigenvalue weighted by molar-refractivity contribution is 7.10. The molecule has 3 aromatic rings. The van der Waals surface area contributed by atoms with Gasteiger partial charge in [-0.1, -0.05) is 6.07 Å². The maximum atomic E-state index is 11.5. The maximum absolute atomic E-state index is 11.5. The average Bonchev–Trinajstić information content (AvgIpc) is 3.18. The molecule has 4 rings (SSSR count). The molecule has 25 heavy (non-hydrogen) atoms. The van der Waals surface area contributed by atoms with E-state index in [1.807, 2.05) is 18.2 Å². The summed E-state index contributed by atoms with van der Waals surface area (Å²) in [5, 5.41) is 4.75. The molecule has 3 N–H and O–H groups in total. The first-order valence-corrected chi connectivity index (χ1v) is 8.85. The Hall–Kier alpha value is -2.80. The minimum absolute atomic E-state index is 0.492. The van der Waals surface area contributed by atoms with E-state index < -0.39 is 6.09 Å². The average molecular weight is 354 g/mol. The van der Waals surface area contributed by atoms with Crippen LogP contribution >= 0.6 is 11.3 Å². The quantitative estimate of drug-likeness (QED) is 0.731. The summed E-state index contributed by atoms with van der Waals surface area (Å²) in [5.74, 6) is 1.53. The number of amides is 1. The number of fused-ring (bicyclic) bond motifs is 3. The second kappa shape index (κ2) is 5.93. The van der Waals surface area contributed by atoms with E-state index in [0.29, 0.717) is 11.5 Å². The van der Waals surface area contributed by atoms with Crippen LogP contribution in [0.5, 0.6) is 0 Å². The Morgan fingerprint density at radius 1 is 1.36 bits per heavy atom. The third kappa shape index (κ3) is 2.56. The number of aryl methyl sites for hydroxylation is 2. The summed E-state index contributed by atoms with van der Waals surface area (Å²) in [4.78, 5) is 17.5. The normalized spacial score (nSPS) is 12.4. The number of nitrogens with two attached hydrogens (primary N) is 1. The third-order valence-corrected chi connectivity index (χ3v) is 5.35. The van der Waals surface area contributed by atoms with Gasteiger partial charge in [0, 0.05) is 28.2 Å². The molecule has 7 heteroatoms. The molecule has 0 atom stereocenters. The highest BCUT2D eigenvalue weighted by Crippen LogP contribution is 2.38. The largest absolute Gasteiger partial charge is 0.453 e. The van der Waals surface area contributed by atoms with Gasteiger partial charge in [-0.2, -0.15) is 0 Å². The van der Waals surface area contributed by atoms with Gasteiger partial charge in [-0.25, -0.2) is 9.78 Å². The van der Waals surface area contributed by atoms with Crippen molar-refractivity contribution in [1.82, 2.24) is 9.55 Å². The number of ether oxygens (including phenoxy) is 1. The van der Waals surface area contributed by atoms with Crippen LogP contribution in [0.2, 0.25) is 0 Å². The van der Waals surface area contributed by atoms with Gasteiger partial charge in [0.15, 0.2) is 0 Å². The first kappa shape index (κ1) is 15.7. The number of imidazole rings is 1. The molecule has 1 amide bonds. The Labute approximate surface area is 149 Å². The van der Waals surface area contributed by atoms with Gasteiger partial charge in [0.25, 0.3) is 0 Å². The lowest BCUT2D eigenvalue weighted by Gasteiger charge is -2.19. The van der Waals surface area contributed by atoms with Crippen molar-refractivity contribution >= 4 is 28.9 Å². The molecule has 2 aromatic heterocycles. The van der Waals surface area contributed by atoms with Crippen LogP contribution in [0.25, 0.3) is 22.6 Å². The lowest BCUT2D eigenvalue weighted by Crippen LogP contribution is -2.15. The number of rotatable bonds is 2. The predicted octanol–water partition coefficient (Wildman–Crippen LogP) is 3.90. The molecule has 0 saturated heterocycles. The highest BCUT2D eigenvalue weighted by atomic mass is 32.1. The van der Waals surface area contributed by atoms with E-state index in [9.17, 15) is 4.79 Å². The fourth-order valence-corrected chi connectivity index (χ4v) is 3.91. The number of aromatic nitrogens is 2. The van der Waals surface area contributed by atoms with Crippen LogP contribution < -0.4 is 11.1 Å². The van der Waals surface area contributed by atoms with Crippen LogP contribution in [-0.2, 0) is 17.7 Å². The lowest BCUT2D eigenvalue weighted by molar-refractivity contribution is 0.187. The summed E-state index contributed by atoms with van der Waals surface area (Å²) in [6.07, 6.45) is 0.386. The van der Waals surface area contributed by atoms with E-state index in [1.165, 1.54) is 17.6 Å². The number of anilines is 2. The van der Waals surface area contributed by atoms with E-state index >= 15 is 0 Å². The molecule has 0 unspecified atom stereocenters. The van der Waals surface area contributed by atoms with Crippen molar-refractivity contribution in [3.63, 3.8) is 0 Å². The number of nitrogens with zero attached hydrogens (tertiary/aromatic N) is 2. The monoisotopic (exact) mass is 354 g/mol. The van der Waals surface area contributed by atoms with Gasteiger partial charge >= 0.3 is 6.09 Å². The number of hydrogen-bond acceptors (Lipinski definition) is 5. The Kier molecular flexibility index (Phi) is 3.73. The number of methoxy groups -OCH3 is 1. The Morgan fingerprint density at radius 3 is 2.92 bits per heavy atom. The Morgan fingerprint density at radius 2 is 2.20 bits per heavy atom. The molecule has 3 heterocycles. The zero-order valence-corrected chi connectivity index (χ0v) is 14.8. The van der Waals surface area contributed by atoms with Crippen molar-refractivity contribution in [2.75, 3.05) is 18.2 Å². The first-order chi connectivity index (χ1) is 12.1. The van der Waals surface area contributed by atoms with Gasteiger partial charge in [-0.05, 0) is 42.5 Å². The fourth-order valence-electron chi connectivity index (χ4n) is 3.21. The molecule has 1 aromatic carbocycles. The van der Waals surface area contributed by atoms with Gasteiger partial charge in [0.1, 0.15) is 17.3 Å². The van der Waals surface area contributed by atoms with Crippen molar-refractivity contribution in [3.05, 3.63) is 40.1 Å². The molecule has 0 fully saturated rings. The highest BCUT2D eigenvalue weighted by Gasteiger charge is 2.24. The van der Waals surface area contributed by atoms with Crippen LogP contribution in [0, 0.1) is 6.92 Å². The van der Waals surface area contributed by atoms with Gasteiger partial charge in [-0.15, -0.1) is 11.3 Å². The fraction of sp³-hybridized carbons (Fsp3) is 0.222. The van der Waals surface area contributed by atoms with Gasteiger partial charge in [0.05, 0.1) is 7.11 Å². The van der Waals surface area contributed by atoms with Gasteiger partial charge < -0.3 is 15.0 Å². The molecule has 0 radical (unpaired) electrons. The molecule has 0 aliphatic carbocycles. The number of nitrogens with one attached hydrogen (secondary N) is 1. The van der Waals surface area contributed by atoms with Crippen LogP contribution in [0.4, 0.5) is 16.3 Å². The van der Waals surface area contributed by atoms with E-state index in [1.54, 1.807) is 11.3 Å². The SMILES string of the molecule is COC(=O)Nc1ccc2c(c1)-c1nc(-c3ccsc3C)c(N)n1CC2. The zero-order chi connectivity index (χ0) is 17.6. The summed E-state index contributed by atoms with van der Waals surface area (Å²) < 4.78 is 6.72. The topological polar surface area (TPSA) is 82.2 Å². The van der Waals surface area contributed by atoms with Crippen LogP contribution in [0.15, 0.2) is 29.6 Å². The summed E-state index contributed by atoms with van der Waals surface area (Å²) in [7, 11) is 1.34. The molecule has 0 saturated carbocycles. The molecular formula is C18H18N4O2S. The van der Waals surface area contributed by atoms with Gasteiger partial charge in [0.2, 0.25) is 0 Å². The van der Waals surface area contributed by atoms with Crippen LogP contribution in [0.1, 0.15) is 10.4 Å². The second-order valence-electron chi connectivity index (χ2n) is 5.95. The predicted molar refractivity (Wildman–Crippen MR) is 99.9 cm³/mol. The second-order valence-corrected chi connectivity index (χ2v) is 7.07. The summed E-state index contributed by atoms with van der Waals surface area (Å²) >= 11 is 1.69. The summed E-state index contributed by atoms with van der Waals surface area (Å²) in [6.45, 7) is 2.87. The smallest absolute Gasteiger partial charge is 0.411 e. The molecule has 6 nitrogen and oxygen atoms in total. The van der Waals surface area contributed by atoms with Crippen molar-refractivity contribution in [3.8, 4) is 22.6 Å². The first-order valence-electron chi connectivity index (χ1n) is 7.97. The summed E-state index contributed by atoms with van der Waals surface area (Å²) in [6, 6.07) is 7.88. The van der Waals surface area contributed by atoms with E-state index in [2.05, 4.69) is 33.0 Å². The summed E-state index contributed by atoms with van der Waals surface area (Å²) in [5.41, 5.74) is 11.2. The third-order valence-electron chi connectivity index (χ3n) is 4.51. The minimum atomic E-state index is -0.492. The van der Waals surface area contributed by atoms with Gasteiger partial charge in [-0.3, -0.25) is 5.32 Å². The Balaban J connectivity index is 1.82. The van der Waals surface area contributed by atoms with E-state index in [4.69, 9.17) is 10.7 Å². The van der Waals surface area contributed by atoms with Crippen LogP contribution in [-0.4, -0.2) is 22.8 Å². The molecule has 128 valence electrons. The number of carbonyl (C=O) groups is 1. The number of benzene rings is 1. The molecule has 0 spiro atoms. The van der Waals surface area contributed by atoms with E-state index in [-0.39, 0.29) is 0 Å². The number of thiophene rings is 1. The lowest BCUT2D eigenvalue weighted by atomic mass is 10.00. The molecule has 1 aliphatic rings. The zero-order valence-electron chi connectivity index (χ0n) is 14.0. The number of nitrogen functional groups attached to an aromatic ring is 1. The molecule has 1 aliphatic heterocycles. The van der Waals surface area contributed by atoms with Crippen LogP contribution in [0.3, 0.4) is 0 Å². The van der Waals surface area contributed by atoms with Crippen molar-refractivity contribution in [2.45, 2.75) is 19.9 Å². The minimum Gasteiger partial charge on any atom is -0.453 e. The molecule has 0 bridgehead atoms. The maximum Gasteiger partial charge on any atom is 0.411 e. The standard InChI is InChI=1S/C18H18N4O2S/c1-10-13(6-8-25-10)15-16(19)22-7-5-11-3-4-12(20-18(23)24-2)9-14(11)17(22)21-15/h3-4,6,8-9H,5,7,19H2,1-2H3,(H,20,23). The van der Waals surface area contributed by atoms with Crippen molar-refractivity contribution in [2.24, 2.45) is 0 Å². The van der Waals surface area contributed by atoms with Crippen molar-refractivity contribution < 1.29 is 9.53 Å².